The third-order valence-corrected chi connectivity index (χ3v) is 4.86. The van der Waals surface area contributed by atoms with E-state index in [-0.39, 0.29) is 17.4 Å². The van der Waals surface area contributed by atoms with Crippen LogP contribution in [0.25, 0.3) is 0 Å². The van der Waals surface area contributed by atoms with Crippen molar-refractivity contribution >= 4 is 5.91 Å². The first-order valence-corrected chi connectivity index (χ1v) is 8.57. The van der Waals surface area contributed by atoms with Gasteiger partial charge in [-0.15, -0.1) is 0 Å². The highest BCUT2D eigenvalue weighted by atomic mass is 16.1. The lowest BCUT2D eigenvalue weighted by Gasteiger charge is -2.35. The van der Waals surface area contributed by atoms with Gasteiger partial charge in [-0.1, -0.05) is 69.3 Å². The number of amides is 1. The van der Waals surface area contributed by atoms with Crippen LogP contribution in [0.4, 0.5) is 0 Å². The summed E-state index contributed by atoms with van der Waals surface area (Å²) in [5.41, 5.74) is 10.7. The molecule has 3 heteroatoms. The van der Waals surface area contributed by atoms with Gasteiger partial charge in [-0.25, -0.2) is 0 Å². The maximum Gasteiger partial charge on any atom is 0.239 e. The summed E-state index contributed by atoms with van der Waals surface area (Å²) < 4.78 is 0. The summed E-state index contributed by atoms with van der Waals surface area (Å²) in [5, 5.41) is 0. The van der Waals surface area contributed by atoms with E-state index in [1.54, 1.807) is 0 Å². The molecule has 0 aromatic heterocycles. The second-order valence-corrected chi connectivity index (χ2v) is 7.67. The Labute approximate surface area is 144 Å². The number of fused-ring (bicyclic) bond motifs is 1. The van der Waals surface area contributed by atoms with Crippen molar-refractivity contribution in [1.29, 1.82) is 0 Å². The monoisotopic (exact) mass is 322 g/mol. The average molecular weight is 322 g/mol. The molecule has 126 valence electrons. The molecule has 3 nitrogen and oxygen atoms in total. The molecule has 3 rings (SSSR count). The molecular formula is C21H26N2O. The number of nitrogens with zero attached hydrogens (tertiary/aromatic N) is 1. The molecule has 2 N–H and O–H groups in total. The molecule has 0 saturated carbocycles. The molecular weight excluding hydrogens is 296 g/mol. The molecule has 0 saturated heterocycles. The fraction of sp³-hybridized carbons (Fsp3) is 0.381. The van der Waals surface area contributed by atoms with Gasteiger partial charge < -0.3 is 5.73 Å². The van der Waals surface area contributed by atoms with Crippen LogP contribution in [0, 0.1) is 0 Å². The van der Waals surface area contributed by atoms with Gasteiger partial charge in [-0.05, 0) is 34.1 Å². The summed E-state index contributed by atoms with van der Waals surface area (Å²) in [5.74, 6) is -0.270. The van der Waals surface area contributed by atoms with Crippen LogP contribution in [0.5, 0.6) is 0 Å². The van der Waals surface area contributed by atoms with E-state index in [9.17, 15) is 4.79 Å². The molecule has 1 heterocycles. The predicted octanol–water partition coefficient (Wildman–Crippen LogP) is 3.57. The maximum atomic E-state index is 12.1. The van der Waals surface area contributed by atoms with Gasteiger partial charge in [0.05, 0.1) is 0 Å². The molecule has 1 amide bonds. The van der Waals surface area contributed by atoms with E-state index in [2.05, 4.69) is 56.0 Å². The minimum Gasteiger partial charge on any atom is -0.368 e. The smallest absolute Gasteiger partial charge is 0.239 e. The zero-order chi connectivity index (χ0) is 17.3. The fourth-order valence-corrected chi connectivity index (χ4v) is 3.47. The van der Waals surface area contributed by atoms with Gasteiger partial charge in [0, 0.05) is 13.1 Å². The molecule has 24 heavy (non-hydrogen) atoms. The standard InChI is InChI=1S/C21H26N2O/c1-21(2,3)17-10-8-15(9-11-17)14-23-13-12-16-6-4-5-7-18(16)19(23)20(22)24/h4-11,19H,12-14H2,1-3H3,(H2,22,24). The number of primary amides is 1. The molecule has 1 atom stereocenters. The van der Waals surface area contributed by atoms with Gasteiger partial charge in [0.2, 0.25) is 5.91 Å². The number of nitrogens with two attached hydrogens (primary N) is 1. The van der Waals surface area contributed by atoms with Crippen LogP contribution in [-0.2, 0) is 23.2 Å². The Kier molecular flexibility index (Phi) is 4.46. The van der Waals surface area contributed by atoms with Crippen molar-refractivity contribution in [3.63, 3.8) is 0 Å². The van der Waals surface area contributed by atoms with Gasteiger partial charge in [0.15, 0.2) is 0 Å². The maximum absolute atomic E-state index is 12.1. The average Bonchev–Trinajstić information content (AvgIpc) is 2.54. The zero-order valence-electron chi connectivity index (χ0n) is 14.8. The topological polar surface area (TPSA) is 46.3 Å². The summed E-state index contributed by atoms with van der Waals surface area (Å²) in [6, 6.07) is 16.5. The van der Waals surface area contributed by atoms with E-state index in [0.29, 0.717) is 0 Å². The van der Waals surface area contributed by atoms with Crippen LogP contribution in [0.1, 0.15) is 49.1 Å². The quantitative estimate of drug-likeness (QED) is 0.939. The number of carbonyl (C=O) groups excluding carboxylic acids is 1. The third kappa shape index (κ3) is 3.36. The summed E-state index contributed by atoms with van der Waals surface area (Å²) in [4.78, 5) is 14.3. The first-order chi connectivity index (χ1) is 11.4. The Bertz CT molecular complexity index is 728. The van der Waals surface area contributed by atoms with Gasteiger partial charge >= 0.3 is 0 Å². The van der Waals surface area contributed by atoms with Gasteiger partial charge in [-0.3, -0.25) is 9.69 Å². The van der Waals surface area contributed by atoms with Crippen LogP contribution in [-0.4, -0.2) is 17.4 Å². The summed E-state index contributed by atoms with van der Waals surface area (Å²) >= 11 is 0. The van der Waals surface area contributed by atoms with Crippen molar-refractivity contribution in [3.8, 4) is 0 Å². The highest BCUT2D eigenvalue weighted by Crippen LogP contribution is 2.31. The third-order valence-electron chi connectivity index (χ3n) is 4.86. The predicted molar refractivity (Wildman–Crippen MR) is 97.6 cm³/mol. The molecule has 1 unspecified atom stereocenters. The molecule has 1 aliphatic rings. The normalized spacial score (nSPS) is 18.2. The summed E-state index contributed by atoms with van der Waals surface area (Å²) in [7, 11) is 0. The fourth-order valence-electron chi connectivity index (χ4n) is 3.47. The molecule has 1 aliphatic heterocycles. The van der Waals surface area contributed by atoms with E-state index in [1.165, 1.54) is 16.7 Å². The highest BCUT2D eigenvalue weighted by Gasteiger charge is 2.31. The van der Waals surface area contributed by atoms with Crippen molar-refractivity contribution in [2.24, 2.45) is 5.73 Å². The zero-order valence-corrected chi connectivity index (χ0v) is 14.8. The van der Waals surface area contributed by atoms with E-state index in [4.69, 9.17) is 5.73 Å². The molecule has 0 fully saturated rings. The van der Waals surface area contributed by atoms with Crippen LogP contribution in [0.15, 0.2) is 48.5 Å². The minimum atomic E-state index is -0.336. The van der Waals surface area contributed by atoms with Gasteiger partial charge in [-0.2, -0.15) is 0 Å². The second kappa shape index (κ2) is 6.40. The van der Waals surface area contributed by atoms with Crippen molar-refractivity contribution < 1.29 is 4.79 Å². The molecule has 0 radical (unpaired) electrons. The highest BCUT2D eigenvalue weighted by molar-refractivity contribution is 5.82. The van der Waals surface area contributed by atoms with Crippen LogP contribution in [0.2, 0.25) is 0 Å². The number of hydrogen-bond acceptors (Lipinski definition) is 2. The minimum absolute atomic E-state index is 0.151. The lowest BCUT2D eigenvalue weighted by Crippen LogP contribution is -2.42. The van der Waals surface area contributed by atoms with Crippen molar-refractivity contribution in [2.75, 3.05) is 6.54 Å². The Morgan fingerprint density at radius 3 is 2.42 bits per heavy atom. The molecule has 2 aromatic rings. The van der Waals surface area contributed by atoms with E-state index in [1.807, 2.05) is 18.2 Å². The van der Waals surface area contributed by atoms with Gasteiger partial charge in [0.1, 0.15) is 6.04 Å². The Morgan fingerprint density at radius 2 is 1.79 bits per heavy atom. The Hall–Kier alpha value is -2.13. The lowest BCUT2D eigenvalue weighted by atomic mass is 9.86. The van der Waals surface area contributed by atoms with Crippen LogP contribution >= 0.6 is 0 Å². The SMILES string of the molecule is CC(C)(C)c1ccc(CN2CCc3ccccc3C2C(N)=O)cc1. The summed E-state index contributed by atoms with van der Waals surface area (Å²) in [6.45, 7) is 8.24. The molecule has 0 bridgehead atoms. The van der Waals surface area contributed by atoms with Crippen molar-refractivity contribution in [1.82, 2.24) is 4.90 Å². The number of benzene rings is 2. The Balaban J connectivity index is 1.83. The van der Waals surface area contributed by atoms with E-state index >= 15 is 0 Å². The number of rotatable bonds is 3. The lowest BCUT2D eigenvalue weighted by molar-refractivity contribution is -0.124. The first-order valence-electron chi connectivity index (χ1n) is 8.57. The van der Waals surface area contributed by atoms with Crippen LogP contribution < -0.4 is 5.73 Å². The number of hydrogen-bond donors (Lipinski definition) is 1. The van der Waals surface area contributed by atoms with Crippen LogP contribution in [0.3, 0.4) is 0 Å². The second-order valence-electron chi connectivity index (χ2n) is 7.67. The largest absolute Gasteiger partial charge is 0.368 e. The van der Waals surface area contributed by atoms with Crippen molar-refractivity contribution in [3.05, 3.63) is 70.8 Å². The first kappa shape index (κ1) is 16.7. The molecule has 2 aromatic carbocycles. The van der Waals surface area contributed by atoms with E-state index in [0.717, 1.165) is 25.1 Å². The summed E-state index contributed by atoms with van der Waals surface area (Å²) in [6.07, 6.45) is 0.958. The molecule has 0 aliphatic carbocycles. The van der Waals surface area contributed by atoms with Gasteiger partial charge in [0.25, 0.3) is 0 Å². The van der Waals surface area contributed by atoms with E-state index < -0.39 is 0 Å². The Morgan fingerprint density at radius 1 is 1.12 bits per heavy atom. The number of carbonyl (C=O) groups is 1. The molecule has 0 spiro atoms. The van der Waals surface area contributed by atoms with Crippen molar-refractivity contribution in [2.45, 2.75) is 45.2 Å².